The number of hydrogen-bond acceptors (Lipinski definition) is 5. The molecule has 0 saturated heterocycles. The van der Waals surface area contributed by atoms with E-state index in [1.165, 1.54) is 12.1 Å². The molecule has 6 heteroatoms. The molecule has 0 fully saturated rings. The average molecular weight is 354 g/mol. The van der Waals surface area contributed by atoms with E-state index in [1.807, 2.05) is 12.1 Å². The van der Waals surface area contributed by atoms with Crippen LogP contribution in [-0.2, 0) is 11.1 Å². The topological polar surface area (TPSA) is 61.8 Å². The monoisotopic (exact) mass is 354 g/mol. The van der Waals surface area contributed by atoms with E-state index in [2.05, 4.69) is 0 Å². The van der Waals surface area contributed by atoms with Gasteiger partial charge in [0.05, 0.1) is 4.90 Å². The lowest BCUT2D eigenvalue weighted by Crippen LogP contribution is -2.13. The van der Waals surface area contributed by atoms with Gasteiger partial charge in [-0.1, -0.05) is 36.4 Å². The fourth-order valence-electron chi connectivity index (χ4n) is 1.93. The van der Waals surface area contributed by atoms with E-state index in [4.69, 9.17) is 13.7 Å². The number of para-hydroxylation sites is 1. The van der Waals surface area contributed by atoms with Gasteiger partial charge in [-0.05, 0) is 48.5 Å². The second-order valence-electron chi connectivity index (χ2n) is 4.87. The van der Waals surface area contributed by atoms with Gasteiger partial charge in [0, 0.05) is 0 Å². The van der Waals surface area contributed by atoms with Crippen molar-refractivity contribution in [1.29, 1.82) is 0 Å². The zero-order valence-corrected chi connectivity index (χ0v) is 13.8. The summed E-state index contributed by atoms with van der Waals surface area (Å²) in [5, 5.41) is 0. The van der Waals surface area contributed by atoms with E-state index in [0.717, 1.165) is 0 Å². The Morgan fingerprint density at radius 3 is 1.72 bits per heavy atom. The minimum absolute atomic E-state index is 0.291. The number of carbonyl (C=O) groups is 1. The Hall–Kier alpha value is -3.12. The zero-order chi connectivity index (χ0) is 17.5. The van der Waals surface area contributed by atoms with Gasteiger partial charge in [-0.15, -0.1) is 0 Å². The van der Waals surface area contributed by atoms with Crippen molar-refractivity contribution in [3.63, 3.8) is 0 Å². The van der Waals surface area contributed by atoms with Crippen molar-refractivity contribution in [3.05, 3.63) is 84.9 Å². The first-order chi connectivity index (χ1) is 12.2. The van der Waals surface area contributed by atoms with E-state index < -0.39 is 17.2 Å². The van der Waals surface area contributed by atoms with Crippen LogP contribution in [0.25, 0.3) is 0 Å². The fraction of sp³-hybridized carbons (Fsp3) is 0. The van der Waals surface area contributed by atoms with Gasteiger partial charge in [-0.25, -0.2) is 9.00 Å². The summed E-state index contributed by atoms with van der Waals surface area (Å²) >= 11 is -1.61. The summed E-state index contributed by atoms with van der Waals surface area (Å²) in [5.74, 6) is 1.08. The molecule has 0 aliphatic rings. The summed E-state index contributed by atoms with van der Waals surface area (Å²) in [6.07, 6.45) is -0.840. The molecule has 5 nitrogen and oxygen atoms in total. The third-order valence-electron chi connectivity index (χ3n) is 3.08. The van der Waals surface area contributed by atoms with Crippen molar-refractivity contribution in [2.75, 3.05) is 0 Å². The Bertz CT molecular complexity index is 848. The molecule has 25 heavy (non-hydrogen) atoms. The third-order valence-corrected chi connectivity index (χ3v) is 4.08. The van der Waals surface area contributed by atoms with Gasteiger partial charge in [0.25, 0.3) is 0 Å². The number of hydrogen-bond donors (Lipinski definition) is 0. The molecule has 0 saturated carbocycles. The van der Waals surface area contributed by atoms with Gasteiger partial charge in [-0.3, -0.25) is 0 Å². The summed E-state index contributed by atoms with van der Waals surface area (Å²) in [6, 6.07) is 23.6. The molecule has 0 bridgehead atoms. The van der Waals surface area contributed by atoms with Crippen LogP contribution in [0, 0.1) is 0 Å². The van der Waals surface area contributed by atoms with Gasteiger partial charge in [-0.2, -0.15) is 0 Å². The minimum atomic E-state index is -1.61. The number of benzene rings is 3. The lowest BCUT2D eigenvalue weighted by Gasteiger charge is -2.07. The van der Waals surface area contributed by atoms with Gasteiger partial charge >= 0.3 is 6.16 Å². The Labute approximate surface area is 147 Å². The molecule has 3 aromatic carbocycles. The van der Waals surface area contributed by atoms with Crippen LogP contribution in [0.3, 0.4) is 0 Å². The maximum atomic E-state index is 12.1. The van der Waals surface area contributed by atoms with Gasteiger partial charge in [0.1, 0.15) is 17.2 Å². The summed E-state index contributed by atoms with van der Waals surface area (Å²) in [4.78, 5) is 12.3. The predicted octanol–water partition coefficient (Wildman–Crippen LogP) is 4.37. The maximum absolute atomic E-state index is 12.1. The fourth-order valence-corrected chi connectivity index (χ4v) is 2.69. The molecule has 3 rings (SSSR count). The van der Waals surface area contributed by atoms with Gasteiger partial charge in [0.15, 0.2) is 0 Å². The van der Waals surface area contributed by atoms with Crippen molar-refractivity contribution in [2.24, 2.45) is 0 Å². The molecule has 0 aromatic heterocycles. The van der Waals surface area contributed by atoms with Crippen LogP contribution in [0.1, 0.15) is 0 Å². The third kappa shape index (κ3) is 4.92. The highest BCUT2D eigenvalue weighted by Crippen LogP contribution is 2.21. The summed E-state index contributed by atoms with van der Waals surface area (Å²) < 4.78 is 27.5. The van der Waals surface area contributed by atoms with E-state index in [1.54, 1.807) is 60.7 Å². The van der Waals surface area contributed by atoms with Crippen LogP contribution in [-0.4, -0.2) is 10.4 Å². The molecule has 126 valence electrons. The molecule has 0 aliphatic carbocycles. The van der Waals surface area contributed by atoms with Crippen molar-refractivity contribution in [3.8, 4) is 17.2 Å². The predicted molar refractivity (Wildman–Crippen MR) is 93.0 cm³/mol. The normalized spacial score (nSPS) is 11.4. The summed E-state index contributed by atoms with van der Waals surface area (Å²) in [5.41, 5.74) is 0. The first-order valence-corrected chi connectivity index (χ1v) is 8.48. The Morgan fingerprint density at radius 2 is 1.12 bits per heavy atom. The lowest BCUT2D eigenvalue weighted by atomic mass is 10.3. The standard InChI is InChI=1S/C19H14O5S/c20-19(22-15-7-3-1-4-8-15)23-16-11-13-17(14-12-16)24-25(21)18-9-5-2-6-10-18/h1-14H. The van der Waals surface area contributed by atoms with Crippen LogP contribution < -0.4 is 13.7 Å². The highest BCUT2D eigenvalue weighted by molar-refractivity contribution is 7.80. The molecule has 1 atom stereocenters. The highest BCUT2D eigenvalue weighted by atomic mass is 32.2. The summed E-state index contributed by atoms with van der Waals surface area (Å²) in [6.45, 7) is 0. The average Bonchev–Trinajstić information content (AvgIpc) is 2.65. The smallest absolute Gasteiger partial charge is 0.397 e. The second-order valence-corrected chi connectivity index (χ2v) is 5.98. The van der Waals surface area contributed by atoms with E-state index in [-0.39, 0.29) is 0 Å². The minimum Gasteiger partial charge on any atom is -0.397 e. The molecule has 0 N–H and O–H groups in total. The molecule has 0 spiro atoms. The molecular formula is C19H14O5S. The number of rotatable bonds is 5. The first kappa shape index (κ1) is 16.7. The summed E-state index contributed by atoms with van der Waals surface area (Å²) in [7, 11) is 0. The molecule has 0 amide bonds. The SMILES string of the molecule is O=C(Oc1ccccc1)Oc1ccc(OS(=O)c2ccccc2)cc1. The molecule has 0 heterocycles. The van der Waals surface area contributed by atoms with Crippen molar-refractivity contribution >= 4 is 17.2 Å². The second kappa shape index (κ2) is 8.12. The Kier molecular flexibility index (Phi) is 5.43. The van der Waals surface area contributed by atoms with Crippen molar-refractivity contribution in [2.45, 2.75) is 4.90 Å². The quantitative estimate of drug-likeness (QED) is 0.503. The molecule has 1 unspecified atom stereocenters. The maximum Gasteiger partial charge on any atom is 0.519 e. The first-order valence-electron chi connectivity index (χ1n) is 7.40. The van der Waals surface area contributed by atoms with Crippen LogP contribution in [0.15, 0.2) is 89.8 Å². The number of ether oxygens (including phenoxy) is 2. The molecule has 0 radical (unpaired) electrons. The lowest BCUT2D eigenvalue weighted by molar-refractivity contribution is 0.152. The Balaban J connectivity index is 1.57. The number of carbonyl (C=O) groups excluding carboxylic acids is 1. The molecule has 3 aromatic rings. The van der Waals surface area contributed by atoms with E-state index in [9.17, 15) is 9.00 Å². The van der Waals surface area contributed by atoms with Crippen LogP contribution >= 0.6 is 0 Å². The highest BCUT2D eigenvalue weighted by Gasteiger charge is 2.09. The van der Waals surface area contributed by atoms with Crippen molar-refractivity contribution in [1.82, 2.24) is 0 Å². The van der Waals surface area contributed by atoms with Gasteiger partial charge in [0.2, 0.25) is 11.1 Å². The van der Waals surface area contributed by atoms with Crippen LogP contribution in [0.4, 0.5) is 4.79 Å². The van der Waals surface area contributed by atoms with E-state index >= 15 is 0 Å². The van der Waals surface area contributed by atoms with Gasteiger partial charge < -0.3 is 13.7 Å². The molecular weight excluding hydrogens is 340 g/mol. The van der Waals surface area contributed by atoms with E-state index in [0.29, 0.717) is 22.1 Å². The molecule has 0 aliphatic heterocycles. The zero-order valence-electron chi connectivity index (χ0n) is 13.0. The Morgan fingerprint density at radius 1 is 0.640 bits per heavy atom. The largest absolute Gasteiger partial charge is 0.519 e. The van der Waals surface area contributed by atoms with Crippen molar-refractivity contribution < 1.29 is 22.7 Å². The van der Waals surface area contributed by atoms with Crippen LogP contribution in [0.2, 0.25) is 0 Å². The van der Waals surface area contributed by atoms with Crippen LogP contribution in [0.5, 0.6) is 17.2 Å².